The Morgan fingerprint density at radius 1 is 1.38 bits per heavy atom. The topological polar surface area (TPSA) is 61.6 Å². The Bertz CT molecular complexity index is 424. The minimum Gasteiger partial charge on any atom is -0.343 e. The summed E-state index contributed by atoms with van der Waals surface area (Å²) < 4.78 is 10.9. The number of hydrogen-bond donors (Lipinski definition) is 0. The molecule has 0 aliphatic carbocycles. The molecule has 0 saturated carbocycles. The van der Waals surface area contributed by atoms with Crippen molar-refractivity contribution in [2.75, 3.05) is 13.2 Å². The first-order valence-corrected chi connectivity index (χ1v) is 5.06. The van der Waals surface area contributed by atoms with E-state index < -0.39 is 10.7 Å². The van der Waals surface area contributed by atoms with E-state index in [1.807, 2.05) is 6.92 Å². The Hall–Kier alpha value is -1.46. The second-order valence-corrected chi connectivity index (χ2v) is 3.92. The molecule has 0 N–H and O–H groups in total. The van der Waals surface area contributed by atoms with E-state index in [1.165, 1.54) is 6.07 Å². The van der Waals surface area contributed by atoms with Crippen LogP contribution in [0.3, 0.4) is 0 Å². The summed E-state index contributed by atoms with van der Waals surface area (Å²) in [5, 5.41) is 10.9. The Balaban J connectivity index is 2.52. The van der Waals surface area contributed by atoms with Crippen LogP contribution in [0, 0.1) is 17.0 Å². The van der Waals surface area contributed by atoms with Crippen LogP contribution in [0.25, 0.3) is 0 Å². The molecule has 0 spiro atoms. The quantitative estimate of drug-likeness (QED) is 0.569. The van der Waals surface area contributed by atoms with Crippen molar-refractivity contribution in [3.8, 4) is 0 Å². The zero-order chi connectivity index (χ0) is 11.8. The molecular formula is C11H13NO4. The maximum absolute atomic E-state index is 10.9. The number of nitro benzene ring substituents is 1. The van der Waals surface area contributed by atoms with Gasteiger partial charge in [-0.2, -0.15) is 0 Å². The summed E-state index contributed by atoms with van der Waals surface area (Å²) in [6.07, 6.45) is 0. The lowest BCUT2D eigenvalue weighted by atomic mass is 10.0. The average molecular weight is 223 g/mol. The zero-order valence-corrected chi connectivity index (χ0v) is 9.23. The molecular weight excluding hydrogens is 210 g/mol. The summed E-state index contributed by atoms with van der Waals surface area (Å²) >= 11 is 0. The highest BCUT2D eigenvalue weighted by Gasteiger charge is 2.38. The van der Waals surface area contributed by atoms with Crippen LogP contribution in [0.4, 0.5) is 5.69 Å². The molecule has 2 rings (SSSR count). The molecule has 1 fully saturated rings. The molecule has 5 heteroatoms. The van der Waals surface area contributed by atoms with Crippen LogP contribution < -0.4 is 0 Å². The summed E-state index contributed by atoms with van der Waals surface area (Å²) in [6.45, 7) is 4.51. The van der Waals surface area contributed by atoms with E-state index in [1.54, 1.807) is 19.1 Å². The number of hydrogen-bond acceptors (Lipinski definition) is 4. The molecule has 1 aromatic rings. The van der Waals surface area contributed by atoms with Crippen LogP contribution in [0.2, 0.25) is 0 Å². The normalized spacial score (nSPS) is 18.6. The van der Waals surface area contributed by atoms with Crippen molar-refractivity contribution >= 4 is 5.69 Å². The zero-order valence-electron chi connectivity index (χ0n) is 9.23. The smallest absolute Gasteiger partial charge is 0.278 e. The number of rotatable bonds is 2. The van der Waals surface area contributed by atoms with Gasteiger partial charge in [-0.25, -0.2) is 0 Å². The highest BCUT2D eigenvalue weighted by Crippen LogP contribution is 2.36. The molecule has 0 radical (unpaired) electrons. The summed E-state index contributed by atoms with van der Waals surface area (Å²) in [6, 6.07) is 4.93. The fourth-order valence-corrected chi connectivity index (χ4v) is 1.84. The van der Waals surface area contributed by atoms with Crippen LogP contribution in [0.5, 0.6) is 0 Å². The number of nitro groups is 1. The maximum atomic E-state index is 10.9. The second-order valence-electron chi connectivity index (χ2n) is 3.92. The van der Waals surface area contributed by atoms with Crippen molar-refractivity contribution in [2.24, 2.45) is 0 Å². The van der Waals surface area contributed by atoms with Crippen molar-refractivity contribution < 1.29 is 14.4 Å². The van der Waals surface area contributed by atoms with Crippen molar-refractivity contribution in [2.45, 2.75) is 19.6 Å². The molecule has 16 heavy (non-hydrogen) atoms. The van der Waals surface area contributed by atoms with Gasteiger partial charge in [0.05, 0.1) is 23.7 Å². The Kier molecular flexibility index (Phi) is 2.65. The van der Waals surface area contributed by atoms with E-state index in [0.29, 0.717) is 18.8 Å². The molecule has 0 atom stereocenters. The van der Waals surface area contributed by atoms with Crippen molar-refractivity contribution in [1.29, 1.82) is 0 Å². The van der Waals surface area contributed by atoms with Gasteiger partial charge in [0.15, 0.2) is 5.79 Å². The van der Waals surface area contributed by atoms with Crippen LogP contribution in [-0.4, -0.2) is 18.1 Å². The third-order valence-electron chi connectivity index (χ3n) is 2.68. The predicted molar refractivity (Wildman–Crippen MR) is 57.1 cm³/mol. The molecule has 0 aromatic heterocycles. The lowest BCUT2D eigenvalue weighted by molar-refractivity contribution is -0.387. The Morgan fingerprint density at radius 2 is 2.00 bits per heavy atom. The minimum absolute atomic E-state index is 0.0370. The highest BCUT2D eigenvalue weighted by atomic mass is 16.7. The van der Waals surface area contributed by atoms with Gasteiger partial charge in [-0.15, -0.1) is 0 Å². The first-order valence-electron chi connectivity index (χ1n) is 5.06. The van der Waals surface area contributed by atoms with Gasteiger partial charge in [-0.05, 0) is 19.9 Å². The van der Waals surface area contributed by atoms with Gasteiger partial charge in [0.1, 0.15) is 0 Å². The van der Waals surface area contributed by atoms with Crippen molar-refractivity contribution in [3.63, 3.8) is 0 Å². The number of nitrogens with zero attached hydrogens (tertiary/aromatic N) is 1. The Labute approximate surface area is 93.1 Å². The predicted octanol–water partition coefficient (Wildman–Crippen LogP) is 2.12. The first kappa shape index (κ1) is 11.0. The van der Waals surface area contributed by atoms with E-state index in [9.17, 15) is 10.1 Å². The molecule has 86 valence electrons. The van der Waals surface area contributed by atoms with Gasteiger partial charge in [0.25, 0.3) is 5.69 Å². The Morgan fingerprint density at radius 3 is 2.56 bits per heavy atom. The molecule has 0 unspecified atom stereocenters. The standard InChI is InChI=1S/C11H13NO4/c1-8-3-4-10(12(13)14)9(7-8)11(2)15-5-6-16-11/h3-4,7H,5-6H2,1-2H3. The fourth-order valence-electron chi connectivity index (χ4n) is 1.84. The van der Waals surface area contributed by atoms with Crippen molar-refractivity contribution in [1.82, 2.24) is 0 Å². The number of aryl methyl sites for hydroxylation is 1. The second kappa shape index (κ2) is 3.84. The van der Waals surface area contributed by atoms with Crippen LogP contribution >= 0.6 is 0 Å². The third-order valence-corrected chi connectivity index (χ3v) is 2.68. The van der Waals surface area contributed by atoms with Crippen molar-refractivity contribution in [3.05, 3.63) is 39.4 Å². The van der Waals surface area contributed by atoms with Crippen LogP contribution in [-0.2, 0) is 15.3 Å². The van der Waals surface area contributed by atoms with Gasteiger partial charge < -0.3 is 9.47 Å². The summed E-state index contributed by atoms with van der Waals surface area (Å²) in [5.74, 6) is -0.992. The molecule has 5 nitrogen and oxygen atoms in total. The molecule has 1 aliphatic rings. The first-order chi connectivity index (χ1) is 7.53. The van der Waals surface area contributed by atoms with Gasteiger partial charge >= 0.3 is 0 Å². The summed E-state index contributed by atoms with van der Waals surface area (Å²) in [5.41, 5.74) is 1.46. The number of ether oxygens (including phenoxy) is 2. The van der Waals surface area contributed by atoms with Gasteiger partial charge in [-0.3, -0.25) is 10.1 Å². The van der Waals surface area contributed by atoms with E-state index in [-0.39, 0.29) is 5.69 Å². The minimum atomic E-state index is -0.992. The van der Waals surface area contributed by atoms with E-state index in [0.717, 1.165) is 5.56 Å². The molecule has 1 aromatic carbocycles. The largest absolute Gasteiger partial charge is 0.343 e. The fraction of sp³-hybridized carbons (Fsp3) is 0.455. The summed E-state index contributed by atoms with van der Waals surface area (Å²) in [7, 11) is 0. The highest BCUT2D eigenvalue weighted by molar-refractivity contribution is 5.45. The molecule has 1 saturated heterocycles. The number of benzene rings is 1. The molecule has 0 amide bonds. The van der Waals surface area contributed by atoms with Gasteiger partial charge in [0.2, 0.25) is 0 Å². The third kappa shape index (κ3) is 1.79. The molecule has 0 bridgehead atoms. The molecule has 1 aliphatic heterocycles. The molecule has 1 heterocycles. The average Bonchev–Trinajstić information content (AvgIpc) is 2.66. The lowest BCUT2D eigenvalue weighted by Gasteiger charge is -2.22. The monoisotopic (exact) mass is 223 g/mol. The summed E-state index contributed by atoms with van der Waals surface area (Å²) in [4.78, 5) is 10.5. The van der Waals surface area contributed by atoms with E-state index >= 15 is 0 Å². The lowest BCUT2D eigenvalue weighted by Crippen LogP contribution is -2.23. The maximum Gasteiger partial charge on any atom is 0.278 e. The van der Waals surface area contributed by atoms with Crippen LogP contribution in [0.15, 0.2) is 18.2 Å². The SMILES string of the molecule is Cc1ccc([N+](=O)[O-])c(C2(C)OCCO2)c1. The van der Waals surface area contributed by atoms with Gasteiger partial charge in [0, 0.05) is 6.07 Å². The van der Waals surface area contributed by atoms with E-state index in [4.69, 9.17) is 9.47 Å². The van der Waals surface area contributed by atoms with Gasteiger partial charge in [-0.1, -0.05) is 11.6 Å². The van der Waals surface area contributed by atoms with E-state index in [2.05, 4.69) is 0 Å². The van der Waals surface area contributed by atoms with Crippen LogP contribution in [0.1, 0.15) is 18.1 Å².